The first kappa shape index (κ1) is 13.6. The van der Waals surface area contributed by atoms with Crippen LogP contribution in [0.25, 0.3) is 0 Å². The van der Waals surface area contributed by atoms with E-state index in [9.17, 15) is 0 Å². The third kappa shape index (κ3) is 2.76. The first-order valence-corrected chi connectivity index (χ1v) is 7.07. The van der Waals surface area contributed by atoms with Crippen molar-refractivity contribution in [3.8, 4) is 0 Å². The van der Waals surface area contributed by atoms with Gasteiger partial charge in [0.05, 0.1) is 0 Å². The van der Waals surface area contributed by atoms with Crippen LogP contribution in [-0.4, -0.2) is 30.6 Å². The minimum atomic E-state index is 0.272. The van der Waals surface area contributed by atoms with E-state index in [1.54, 1.807) is 0 Å². The fourth-order valence-corrected chi connectivity index (χ4v) is 2.55. The maximum atomic E-state index is 3.66. The second-order valence-electron chi connectivity index (χ2n) is 6.00. The van der Waals surface area contributed by atoms with E-state index in [0.717, 1.165) is 19.5 Å². The molecule has 1 aliphatic heterocycles. The molecular weight excluding hydrogens is 220 g/mol. The fraction of sp³-hybridized carbons (Fsp3) is 0.625. The van der Waals surface area contributed by atoms with Crippen LogP contribution in [0.4, 0.5) is 0 Å². The normalized spacial score (nSPS) is 19.9. The Labute approximate surface area is 111 Å². The highest BCUT2D eigenvalue weighted by Crippen LogP contribution is 2.26. The average molecular weight is 246 g/mol. The number of benzene rings is 1. The van der Waals surface area contributed by atoms with Crippen LogP contribution in [0.3, 0.4) is 0 Å². The molecule has 2 heteroatoms. The van der Waals surface area contributed by atoms with Crippen molar-refractivity contribution in [2.24, 2.45) is 0 Å². The van der Waals surface area contributed by atoms with Gasteiger partial charge in [-0.15, -0.1) is 0 Å². The van der Waals surface area contributed by atoms with Crippen LogP contribution >= 0.6 is 0 Å². The van der Waals surface area contributed by atoms with Crippen molar-refractivity contribution in [3.05, 3.63) is 35.4 Å². The first-order valence-electron chi connectivity index (χ1n) is 7.07. The van der Waals surface area contributed by atoms with Crippen molar-refractivity contribution in [1.82, 2.24) is 10.2 Å². The number of nitrogens with zero attached hydrogens (tertiary/aromatic N) is 1. The molecule has 0 fully saturated rings. The van der Waals surface area contributed by atoms with Gasteiger partial charge in [-0.05, 0) is 51.4 Å². The Hall–Kier alpha value is -0.860. The molecule has 0 saturated carbocycles. The maximum absolute atomic E-state index is 3.66. The zero-order valence-corrected chi connectivity index (χ0v) is 12.2. The van der Waals surface area contributed by atoms with Gasteiger partial charge in [0.15, 0.2) is 0 Å². The Morgan fingerprint density at radius 1 is 1.33 bits per heavy atom. The van der Waals surface area contributed by atoms with E-state index in [-0.39, 0.29) is 5.54 Å². The molecule has 0 bridgehead atoms. The number of fused-ring (bicyclic) bond motifs is 1. The zero-order chi connectivity index (χ0) is 13.2. The summed E-state index contributed by atoms with van der Waals surface area (Å²) in [6, 6.07) is 9.34. The Bertz CT molecular complexity index is 398. The molecule has 1 N–H and O–H groups in total. The van der Waals surface area contributed by atoms with E-state index < -0.39 is 0 Å². The molecule has 1 atom stereocenters. The van der Waals surface area contributed by atoms with Gasteiger partial charge < -0.3 is 5.32 Å². The molecule has 2 rings (SSSR count). The molecule has 0 spiro atoms. The van der Waals surface area contributed by atoms with E-state index in [2.05, 4.69) is 62.3 Å². The van der Waals surface area contributed by atoms with Crippen LogP contribution in [0.2, 0.25) is 0 Å². The molecule has 0 radical (unpaired) electrons. The van der Waals surface area contributed by atoms with Gasteiger partial charge in [-0.2, -0.15) is 0 Å². The first-order chi connectivity index (χ1) is 8.54. The standard InChI is InChI=1S/C16H26N2/c1-5-16(2,3)18(4)12-15-14-9-7-6-8-13(14)10-11-17-15/h6-9,15,17H,5,10-12H2,1-4H3. The predicted molar refractivity (Wildman–Crippen MR) is 77.9 cm³/mol. The lowest BCUT2D eigenvalue weighted by atomic mass is 9.92. The summed E-state index contributed by atoms with van der Waals surface area (Å²) in [6.45, 7) is 9.09. The van der Waals surface area contributed by atoms with Gasteiger partial charge in [0.2, 0.25) is 0 Å². The summed E-state index contributed by atoms with van der Waals surface area (Å²) in [7, 11) is 2.24. The fourth-order valence-electron chi connectivity index (χ4n) is 2.55. The third-order valence-corrected chi connectivity index (χ3v) is 4.57. The summed E-state index contributed by atoms with van der Waals surface area (Å²) >= 11 is 0. The lowest BCUT2D eigenvalue weighted by Gasteiger charge is -2.39. The molecule has 1 aromatic carbocycles. The van der Waals surface area contributed by atoms with E-state index in [4.69, 9.17) is 0 Å². The molecule has 18 heavy (non-hydrogen) atoms. The number of likely N-dealkylation sites (N-methyl/N-ethyl adjacent to an activating group) is 1. The number of nitrogens with one attached hydrogen (secondary N) is 1. The van der Waals surface area contributed by atoms with E-state index >= 15 is 0 Å². The summed E-state index contributed by atoms with van der Waals surface area (Å²) in [4.78, 5) is 2.48. The molecule has 100 valence electrons. The number of rotatable bonds is 4. The minimum absolute atomic E-state index is 0.272. The topological polar surface area (TPSA) is 15.3 Å². The van der Waals surface area contributed by atoms with Gasteiger partial charge in [-0.1, -0.05) is 31.2 Å². The average Bonchev–Trinajstić information content (AvgIpc) is 2.39. The van der Waals surface area contributed by atoms with Crippen molar-refractivity contribution >= 4 is 0 Å². The summed E-state index contributed by atoms with van der Waals surface area (Å²) in [5.74, 6) is 0. The van der Waals surface area contributed by atoms with Crippen LogP contribution < -0.4 is 5.32 Å². The monoisotopic (exact) mass is 246 g/mol. The molecule has 1 heterocycles. The van der Waals surface area contributed by atoms with Crippen molar-refractivity contribution in [2.75, 3.05) is 20.1 Å². The zero-order valence-electron chi connectivity index (χ0n) is 12.2. The molecule has 2 nitrogen and oxygen atoms in total. The van der Waals surface area contributed by atoms with Gasteiger partial charge >= 0.3 is 0 Å². The smallest absolute Gasteiger partial charge is 0.0452 e. The molecule has 0 aliphatic carbocycles. The number of hydrogen-bond acceptors (Lipinski definition) is 2. The van der Waals surface area contributed by atoms with E-state index in [0.29, 0.717) is 6.04 Å². The second-order valence-corrected chi connectivity index (χ2v) is 6.00. The summed E-state index contributed by atoms with van der Waals surface area (Å²) < 4.78 is 0. The lowest BCUT2D eigenvalue weighted by molar-refractivity contribution is 0.134. The van der Waals surface area contributed by atoms with Crippen LogP contribution in [0.15, 0.2) is 24.3 Å². The Kier molecular flexibility index (Phi) is 4.08. The minimum Gasteiger partial charge on any atom is -0.309 e. The molecule has 0 aromatic heterocycles. The molecule has 0 amide bonds. The Morgan fingerprint density at radius 2 is 2.06 bits per heavy atom. The summed E-state index contributed by atoms with van der Waals surface area (Å²) in [5.41, 5.74) is 3.28. The van der Waals surface area contributed by atoms with Gasteiger partial charge in [0.25, 0.3) is 0 Å². The molecular formula is C16H26N2. The van der Waals surface area contributed by atoms with Crippen molar-refractivity contribution in [3.63, 3.8) is 0 Å². The summed E-state index contributed by atoms with van der Waals surface area (Å²) in [6.07, 6.45) is 2.34. The van der Waals surface area contributed by atoms with Gasteiger partial charge in [-0.25, -0.2) is 0 Å². The van der Waals surface area contributed by atoms with Crippen LogP contribution in [0.1, 0.15) is 44.4 Å². The Balaban J connectivity index is 2.12. The highest BCUT2D eigenvalue weighted by Gasteiger charge is 2.26. The second kappa shape index (κ2) is 5.41. The Morgan fingerprint density at radius 3 is 2.78 bits per heavy atom. The molecule has 0 saturated heterocycles. The summed E-state index contributed by atoms with van der Waals surface area (Å²) in [5, 5.41) is 3.66. The van der Waals surface area contributed by atoms with Gasteiger partial charge in [0.1, 0.15) is 0 Å². The maximum Gasteiger partial charge on any atom is 0.0452 e. The molecule has 1 unspecified atom stereocenters. The SMILES string of the molecule is CCC(C)(C)N(C)CC1NCCc2ccccc21. The molecule has 1 aromatic rings. The quantitative estimate of drug-likeness (QED) is 0.878. The highest BCUT2D eigenvalue weighted by atomic mass is 15.2. The van der Waals surface area contributed by atoms with Gasteiger partial charge in [-0.3, -0.25) is 4.90 Å². The third-order valence-electron chi connectivity index (χ3n) is 4.57. The van der Waals surface area contributed by atoms with Crippen LogP contribution in [0, 0.1) is 0 Å². The van der Waals surface area contributed by atoms with E-state index in [1.165, 1.54) is 17.5 Å². The number of hydrogen-bond donors (Lipinski definition) is 1. The highest BCUT2D eigenvalue weighted by molar-refractivity contribution is 5.32. The van der Waals surface area contributed by atoms with Gasteiger partial charge in [0, 0.05) is 18.1 Å². The van der Waals surface area contributed by atoms with Crippen LogP contribution in [0.5, 0.6) is 0 Å². The van der Waals surface area contributed by atoms with Crippen molar-refractivity contribution < 1.29 is 0 Å². The predicted octanol–water partition coefficient (Wildman–Crippen LogP) is 2.99. The van der Waals surface area contributed by atoms with Crippen molar-refractivity contribution in [1.29, 1.82) is 0 Å². The van der Waals surface area contributed by atoms with Crippen molar-refractivity contribution in [2.45, 2.75) is 45.2 Å². The molecule has 1 aliphatic rings. The largest absolute Gasteiger partial charge is 0.309 e. The lowest BCUT2D eigenvalue weighted by Crippen LogP contribution is -2.46. The van der Waals surface area contributed by atoms with Crippen LogP contribution in [-0.2, 0) is 6.42 Å². The van der Waals surface area contributed by atoms with E-state index in [1.807, 2.05) is 0 Å².